The number of para-hydroxylation sites is 1. The summed E-state index contributed by atoms with van der Waals surface area (Å²) in [4.78, 5) is 7.33. The Balaban J connectivity index is 1.09. The van der Waals surface area contributed by atoms with Crippen molar-refractivity contribution in [3.63, 3.8) is 0 Å². The molecule has 0 aliphatic carbocycles. The van der Waals surface area contributed by atoms with Gasteiger partial charge in [0.05, 0.1) is 5.69 Å². The van der Waals surface area contributed by atoms with E-state index in [2.05, 4.69) is 181 Å². The monoisotopic (exact) mass is 690 g/mol. The molecule has 0 aliphatic rings. The number of aromatic nitrogens is 1. The second-order valence-electron chi connectivity index (χ2n) is 13.6. The van der Waals surface area contributed by atoms with Gasteiger partial charge >= 0.3 is 0 Å². The molecule has 0 radical (unpaired) electrons. The van der Waals surface area contributed by atoms with E-state index < -0.39 is 0 Å². The van der Waals surface area contributed by atoms with Crippen molar-refractivity contribution in [2.24, 2.45) is 0 Å². The van der Waals surface area contributed by atoms with Crippen molar-refractivity contribution in [1.82, 2.24) is 4.98 Å². The Morgan fingerprint density at radius 3 is 1.69 bits per heavy atom. The third kappa shape index (κ3) is 5.69. The molecule has 0 fully saturated rings. The summed E-state index contributed by atoms with van der Waals surface area (Å²) in [5, 5.41) is 4.53. The maximum Gasteiger partial charge on any atom is 0.227 e. The van der Waals surface area contributed by atoms with Crippen molar-refractivity contribution in [2.45, 2.75) is 0 Å². The van der Waals surface area contributed by atoms with E-state index in [1.807, 2.05) is 30.3 Å². The summed E-state index contributed by atoms with van der Waals surface area (Å²) in [5.41, 5.74) is 12.9. The lowest BCUT2D eigenvalue weighted by Crippen LogP contribution is -2.11. The van der Waals surface area contributed by atoms with Crippen LogP contribution in [0.2, 0.25) is 0 Å². The van der Waals surface area contributed by atoms with Crippen LogP contribution in [0.25, 0.3) is 77.5 Å². The highest BCUT2D eigenvalue weighted by atomic mass is 16.3. The van der Waals surface area contributed by atoms with Gasteiger partial charge in [0.15, 0.2) is 5.58 Å². The molecule has 0 atom stereocenters. The molecule has 10 rings (SSSR count). The molecule has 1 aromatic heterocycles. The SMILES string of the molecule is c1ccc(-c2ccc(N(c3ccc4cc(-c5cc6nc(-c7ccccc7)oc6c6ccccc56)ccc4c3)c3ccccc3-c3ccccc3)cc2)cc1. The largest absolute Gasteiger partial charge is 0.435 e. The molecule has 0 N–H and O–H groups in total. The topological polar surface area (TPSA) is 29.3 Å². The molecule has 254 valence electrons. The first-order chi connectivity index (χ1) is 26.8. The maximum atomic E-state index is 6.39. The molecule has 0 aliphatic heterocycles. The fourth-order valence-electron chi connectivity index (χ4n) is 7.63. The van der Waals surface area contributed by atoms with E-state index in [-0.39, 0.29) is 0 Å². The summed E-state index contributed by atoms with van der Waals surface area (Å²) < 4.78 is 6.39. The van der Waals surface area contributed by atoms with Crippen molar-refractivity contribution in [3.8, 4) is 44.8 Å². The molecule has 0 amide bonds. The van der Waals surface area contributed by atoms with Gasteiger partial charge < -0.3 is 9.32 Å². The zero-order valence-electron chi connectivity index (χ0n) is 29.4. The lowest BCUT2D eigenvalue weighted by Gasteiger charge is -2.28. The normalized spacial score (nSPS) is 11.3. The predicted octanol–water partition coefficient (Wildman–Crippen LogP) is 14.3. The van der Waals surface area contributed by atoms with Gasteiger partial charge in [-0.1, -0.05) is 152 Å². The summed E-state index contributed by atoms with van der Waals surface area (Å²) >= 11 is 0. The minimum Gasteiger partial charge on any atom is -0.435 e. The van der Waals surface area contributed by atoms with Crippen LogP contribution in [0.1, 0.15) is 0 Å². The van der Waals surface area contributed by atoms with E-state index in [1.54, 1.807) is 0 Å². The Morgan fingerprint density at radius 2 is 0.926 bits per heavy atom. The molecule has 3 nitrogen and oxygen atoms in total. The summed E-state index contributed by atoms with van der Waals surface area (Å²) in [7, 11) is 0. The minimum absolute atomic E-state index is 0.632. The smallest absolute Gasteiger partial charge is 0.227 e. The van der Waals surface area contributed by atoms with Gasteiger partial charge in [0.1, 0.15) is 5.52 Å². The van der Waals surface area contributed by atoms with Crippen molar-refractivity contribution in [1.29, 1.82) is 0 Å². The van der Waals surface area contributed by atoms with Gasteiger partial charge in [0.25, 0.3) is 0 Å². The molecular weight excluding hydrogens is 657 g/mol. The van der Waals surface area contributed by atoms with E-state index in [0.717, 1.165) is 61.0 Å². The highest BCUT2D eigenvalue weighted by molar-refractivity contribution is 6.11. The predicted molar refractivity (Wildman–Crippen MR) is 225 cm³/mol. The lowest BCUT2D eigenvalue weighted by atomic mass is 9.95. The second-order valence-corrected chi connectivity index (χ2v) is 13.6. The molecule has 0 saturated carbocycles. The van der Waals surface area contributed by atoms with Crippen molar-refractivity contribution >= 4 is 49.7 Å². The fourth-order valence-corrected chi connectivity index (χ4v) is 7.63. The van der Waals surface area contributed by atoms with Crippen LogP contribution in [-0.4, -0.2) is 4.98 Å². The third-order valence-corrected chi connectivity index (χ3v) is 10.3. The maximum absolute atomic E-state index is 6.39. The summed E-state index contributed by atoms with van der Waals surface area (Å²) in [6, 6.07) is 73.0. The zero-order chi connectivity index (χ0) is 35.8. The van der Waals surface area contributed by atoms with Crippen molar-refractivity contribution in [2.75, 3.05) is 4.90 Å². The van der Waals surface area contributed by atoms with E-state index in [0.29, 0.717) is 5.89 Å². The van der Waals surface area contributed by atoms with Crippen LogP contribution in [0, 0.1) is 0 Å². The van der Waals surface area contributed by atoms with Gasteiger partial charge in [0, 0.05) is 27.9 Å². The van der Waals surface area contributed by atoms with Gasteiger partial charge in [-0.05, 0) is 98.6 Å². The first-order valence-corrected chi connectivity index (χ1v) is 18.3. The van der Waals surface area contributed by atoms with E-state index >= 15 is 0 Å². The quantitative estimate of drug-likeness (QED) is 0.167. The van der Waals surface area contributed by atoms with Gasteiger partial charge in [0.2, 0.25) is 5.89 Å². The Labute approximate surface area is 314 Å². The van der Waals surface area contributed by atoms with Crippen LogP contribution in [0.3, 0.4) is 0 Å². The Morgan fingerprint density at radius 1 is 0.370 bits per heavy atom. The molecular formula is C51H34N2O. The lowest BCUT2D eigenvalue weighted by molar-refractivity contribution is 0.623. The molecule has 3 heteroatoms. The number of benzene rings is 9. The zero-order valence-corrected chi connectivity index (χ0v) is 29.4. The molecule has 9 aromatic carbocycles. The highest BCUT2D eigenvalue weighted by Crippen LogP contribution is 2.43. The number of oxazole rings is 1. The van der Waals surface area contributed by atoms with E-state index in [9.17, 15) is 0 Å². The molecule has 0 saturated heterocycles. The molecule has 0 spiro atoms. The summed E-state index contributed by atoms with van der Waals surface area (Å²) in [5.74, 6) is 0.632. The molecule has 1 heterocycles. The molecule has 54 heavy (non-hydrogen) atoms. The highest BCUT2D eigenvalue weighted by Gasteiger charge is 2.19. The van der Waals surface area contributed by atoms with Gasteiger partial charge in [-0.15, -0.1) is 0 Å². The number of hydrogen-bond acceptors (Lipinski definition) is 3. The first kappa shape index (κ1) is 31.5. The van der Waals surface area contributed by atoms with Gasteiger partial charge in [-0.3, -0.25) is 0 Å². The standard InChI is InChI=1S/C51H34N2O/c1-4-14-35(15-5-1)36-26-29-42(30-27-36)53(49-23-13-12-20-44(49)37-16-6-2-7-17-37)43-31-28-39-32-41(25-24-40(39)33-43)47-34-48-50(46-22-11-10-21-45(46)47)54-51(52-48)38-18-8-3-9-19-38/h1-34H. The van der Waals surface area contributed by atoms with Crippen LogP contribution in [0.15, 0.2) is 211 Å². The number of rotatable bonds is 7. The van der Waals surface area contributed by atoms with Crippen molar-refractivity contribution in [3.05, 3.63) is 206 Å². The summed E-state index contributed by atoms with van der Waals surface area (Å²) in [6.45, 7) is 0. The molecule has 10 aromatic rings. The van der Waals surface area contributed by atoms with Gasteiger partial charge in [-0.25, -0.2) is 4.98 Å². The van der Waals surface area contributed by atoms with Crippen LogP contribution in [-0.2, 0) is 0 Å². The van der Waals surface area contributed by atoms with Crippen molar-refractivity contribution < 1.29 is 4.42 Å². The molecule has 0 bridgehead atoms. The Bertz CT molecular complexity index is 2920. The Kier molecular flexibility index (Phi) is 7.81. The fraction of sp³-hybridized carbons (Fsp3) is 0. The Hall–Kier alpha value is -7.23. The number of fused-ring (bicyclic) bond motifs is 4. The van der Waals surface area contributed by atoms with Crippen LogP contribution in [0.4, 0.5) is 17.1 Å². The van der Waals surface area contributed by atoms with Gasteiger partial charge in [-0.2, -0.15) is 0 Å². The minimum atomic E-state index is 0.632. The van der Waals surface area contributed by atoms with Crippen LogP contribution in [0.5, 0.6) is 0 Å². The third-order valence-electron chi connectivity index (χ3n) is 10.3. The number of nitrogens with zero attached hydrogens (tertiary/aromatic N) is 2. The van der Waals surface area contributed by atoms with Crippen LogP contribution < -0.4 is 4.90 Å². The van der Waals surface area contributed by atoms with Crippen LogP contribution >= 0.6 is 0 Å². The summed E-state index contributed by atoms with van der Waals surface area (Å²) in [6.07, 6.45) is 0. The first-order valence-electron chi connectivity index (χ1n) is 18.3. The average molecular weight is 691 g/mol. The molecule has 0 unspecified atom stereocenters. The van der Waals surface area contributed by atoms with E-state index in [4.69, 9.17) is 9.40 Å². The number of hydrogen-bond donors (Lipinski definition) is 0. The second kappa shape index (κ2) is 13.4. The number of anilines is 3. The average Bonchev–Trinajstić information content (AvgIpc) is 3.70. The van der Waals surface area contributed by atoms with E-state index in [1.165, 1.54) is 27.6 Å².